The van der Waals surface area contributed by atoms with E-state index in [0.29, 0.717) is 0 Å². The van der Waals surface area contributed by atoms with Gasteiger partial charge in [-0.3, -0.25) is 14.3 Å². The molecule has 1 N–H and O–H groups in total. The summed E-state index contributed by atoms with van der Waals surface area (Å²) in [7, 11) is 1.78. The minimum Gasteiger partial charge on any atom is -0.481 e. The Morgan fingerprint density at radius 3 is 2.53 bits per heavy atom. The summed E-state index contributed by atoms with van der Waals surface area (Å²) in [6.07, 6.45) is 3.46. The van der Waals surface area contributed by atoms with Crippen molar-refractivity contribution >= 4 is 11.9 Å². The lowest BCUT2D eigenvalue weighted by Gasteiger charge is -2.37. The van der Waals surface area contributed by atoms with Crippen molar-refractivity contribution in [2.75, 3.05) is 0 Å². The molecule has 6 heteroatoms. The van der Waals surface area contributed by atoms with Gasteiger partial charge in [0, 0.05) is 30.8 Å². The minimum absolute atomic E-state index is 0.0478. The molecule has 2 atom stereocenters. The topological polar surface area (TPSA) is 75.4 Å². The first kappa shape index (κ1) is 13.6. The van der Waals surface area contributed by atoms with E-state index in [4.69, 9.17) is 0 Å². The van der Waals surface area contributed by atoms with Crippen LogP contribution in [0, 0.1) is 5.92 Å². The molecule has 0 saturated carbocycles. The smallest absolute Gasteiger partial charge is 0.309 e. The van der Waals surface area contributed by atoms with Crippen molar-refractivity contribution in [3.63, 3.8) is 0 Å². The Morgan fingerprint density at radius 1 is 1.47 bits per heavy atom. The maximum Gasteiger partial charge on any atom is 0.309 e. The van der Waals surface area contributed by atoms with Gasteiger partial charge >= 0.3 is 5.97 Å². The molecule has 0 radical (unpaired) electrons. The molecule has 104 valence electrons. The van der Waals surface area contributed by atoms with E-state index in [1.807, 2.05) is 20.8 Å². The third kappa shape index (κ3) is 2.34. The third-order valence-electron chi connectivity index (χ3n) is 3.43. The summed E-state index contributed by atoms with van der Waals surface area (Å²) in [6.45, 7) is 5.75. The predicted octanol–water partition coefficient (Wildman–Crippen LogP) is 1.19. The van der Waals surface area contributed by atoms with Gasteiger partial charge in [0.05, 0.1) is 18.2 Å². The Morgan fingerprint density at radius 2 is 2.11 bits per heavy atom. The van der Waals surface area contributed by atoms with Crippen molar-refractivity contribution in [3.8, 4) is 0 Å². The van der Waals surface area contributed by atoms with Crippen molar-refractivity contribution in [2.24, 2.45) is 13.0 Å². The standard InChI is InChI=1S/C13H19N3O3/c1-13(2,3)16-10(17)5-9(12(18)19)11(16)8-6-14-15(4)7-8/h6-7,9,11H,5H2,1-4H3,(H,18,19). The fourth-order valence-corrected chi connectivity index (χ4v) is 2.72. The summed E-state index contributed by atoms with van der Waals surface area (Å²) in [4.78, 5) is 25.2. The van der Waals surface area contributed by atoms with E-state index in [2.05, 4.69) is 5.10 Å². The van der Waals surface area contributed by atoms with E-state index in [1.165, 1.54) is 0 Å². The lowest BCUT2D eigenvalue weighted by molar-refractivity contribution is -0.142. The average Bonchev–Trinajstić information content (AvgIpc) is 2.80. The van der Waals surface area contributed by atoms with Crippen molar-refractivity contribution in [3.05, 3.63) is 18.0 Å². The number of carboxylic acid groups (broad SMARTS) is 1. The molecule has 2 heterocycles. The summed E-state index contributed by atoms with van der Waals surface area (Å²) >= 11 is 0. The number of carbonyl (C=O) groups is 2. The Kier molecular flexibility index (Phi) is 3.12. The quantitative estimate of drug-likeness (QED) is 0.871. The lowest BCUT2D eigenvalue weighted by Crippen LogP contribution is -2.44. The molecule has 1 fully saturated rings. The highest BCUT2D eigenvalue weighted by Crippen LogP contribution is 2.42. The van der Waals surface area contributed by atoms with Gasteiger partial charge in [0.15, 0.2) is 0 Å². The van der Waals surface area contributed by atoms with Crippen LogP contribution in [-0.2, 0) is 16.6 Å². The highest BCUT2D eigenvalue weighted by Gasteiger charge is 2.48. The molecule has 6 nitrogen and oxygen atoms in total. The SMILES string of the molecule is Cn1cc(C2C(C(=O)O)CC(=O)N2C(C)(C)C)cn1. The van der Waals surface area contributed by atoms with Crippen LogP contribution in [0.25, 0.3) is 0 Å². The first-order valence-corrected chi connectivity index (χ1v) is 6.25. The molecule has 0 spiro atoms. The molecule has 1 saturated heterocycles. The zero-order chi connectivity index (χ0) is 14.4. The molecule has 2 unspecified atom stereocenters. The van der Waals surface area contributed by atoms with Crippen LogP contribution in [-0.4, -0.2) is 37.2 Å². The number of hydrogen-bond donors (Lipinski definition) is 1. The Hall–Kier alpha value is -1.85. The van der Waals surface area contributed by atoms with E-state index in [9.17, 15) is 14.7 Å². The monoisotopic (exact) mass is 265 g/mol. The zero-order valence-electron chi connectivity index (χ0n) is 11.6. The highest BCUT2D eigenvalue weighted by molar-refractivity contribution is 5.87. The number of likely N-dealkylation sites (tertiary alicyclic amines) is 1. The van der Waals surface area contributed by atoms with E-state index >= 15 is 0 Å². The number of hydrogen-bond acceptors (Lipinski definition) is 3. The molecular weight excluding hydrogens is 246 g/mol. The summed E-state index contributed by atoms with van der Waals surface area (Å²) < 4.78 is 1.62. The minimum atomic E-state index is -0.936. The van der Waals surface area contributed by atoms with Gasteiger partial charge in [-0.25, -0.2) is 0 Å². The molecule has 1 aliphatic heterocycles. The zero-order valence-corrected chi connectivity index (χ0v) is 11.6. The van der Waals surface area contributed by atoms with Crippen LogP contribution in [0.5, 0.6) is 0 Å². The second kappa shape index (κ2) is 4.36. The largest absolute Gasteiger partial charge is 0.481 e. The number of amides is 1. The van der Waals surface area contributed by atoms with Crippen LogP contribution in [0.4, 0.5) is 0 Å². The predicted molar refractivity (Wildman–Crippen MR) is 68.3 cm³/mol. The molecule has 2 rings (SSSR count). The van der Waals surface area contributed by atoms with Gasteiger partial charge in [-0.05, 0) is 20.8 Å². The molecular formula is C13H19N3O3. The fraction of sp³-hybridized carbons (Fsp3) is 0.615. The second-order valence-electron chi connectivity index (χ2n) is 5.98. The number of nitrogens with zero attached hydrogens (tertiary/aromatic N) is 3. The Bertz CT molecular complexity index is 515. The van der Waals surface area contributed by atoms with Gasteiger partial charge in [-0.2, -0.15) is 5.10 Å². The molecule has 19 heavy (non-hydrogen) atoms. The molecule has 1 aromatic heterocycles. The van der Waals surface area contributed by atoms with E-state index in [-0.39, 0.29) is 12.3 Å². The Labute approximate surface area is 112 Å². The molecule has 1 aromatic rings. The summed E-state index contributed by atoms with van der Waals surface area (Å²) in [5.41, 5.74) is 0.359. The summed E-state index contributed by atoms with van der Waals surface area (Å²) in [6, 6.07) is -0.446. The van der Waals surface area contributed by atoms with E-state index in [1.54, 1.807) is 29.0 Å². The average molecular weight is 265 g/mol. The van der Waals surface area contributed by atoms with Gasteiger partial charge in [0.25, 0.3) is 0 Å². The maximum absolute atomic E-state index is 12.2. The van der Waals surface area contributed by atoms with Crippen LogP contribution in [0.3, 0.4) is 0 Å². The van der Waals surface area contributed by atoms with Crippen molar-refractivity contribution in [2.45, 2.75) is 38.8 Å². The molecule has 0 aliphatic carbocycles. The number of aromatic nitrogens is 2. The van der Waals surface area contributed by atoms with Gasteiger partial charge in [0.1, 0.15) is 0 Å². The number of carbonyl (C=O) groups excluding carboxylic acids is 1. The highest BCUT2D eigenvalue weighted by atomic mass is 16.4. The van der Waals surface area contributed by atoms with Crippen LogP contribution < -0.4 is 0 Å². The van der Waals surface area contributed by atoms with Crippen LogP contribution in [0.1, 0.15) is 38.8 Å². The molecule has 1 aliphatic rings. The first-order chi connectivity index (χ1) is 8.71. The Balaban J connectivity index is 2.47. The van der Waals surface area contributed by atoms with E-state index in [0.717, 1.165) is 5.56 Å². The van der Waals surface area contributed by atoms with Crippen LogP contribution in [0.2, 0.25) is 0 Å². The maximum atomic E-state index is 12.2. The van der Waals surface area contributed by atoms with Crippen molar-refractivity contribution < 1.29 is 14.7 Å². The van der Waals surface area contributed by atoms with Gasteiger partial charge in [0.2, 0.25) is 5.91 Å². The van der Waals surface area contributed by atoms with Crippen LogP contribution >= 0.6 is 0 Å². The molecule has 0 aromatic carbocycles. The third-order valence-corrected chi connectivity index (χ3v) is 3.43. The van der Waals surface area contributed by atoms with Gasteiger partial charge < -0.3 is 10.0 Å². The van der Waals surface area contributed by atoms with Crippen molar-refractivity contribution in [1.29, 1.82) is 0 Å². The van der Waals surface area contributed by atoms with Gasteiger partial charge in [-0.15, -0.1) is 0 Å². The number of carboxylic acids is 1. The second-order valence-corrected chi connectivity index (χ2v) is 5.98. The number of aryl methyl sites for hydroxylation is 1. The summed E-state index contributed by atoms with van der Waals surface area (Å²) in [5.74, 6) is -1.77. The first-order valence-electron chi connectivity index (χ1n) is 6.25. The van der Waals surface area contributed by atoms with Gasteiger partial charge in [-0.1, -0.05) is 0 Å². The van der Waals surface area contributed by atoms with Crippen molar-refractivity contribution in [1.82, 2.24) is 14.7 Å². The molecule has 0 bridgehead atoms. The summed E-state index contributed by atoms with van der Waals surface area (Å²) in [5, 5.41) is 13.4. The number of aliphatic carboxylic acids is 1. The van der Waals surface area contributed by atoms with Crippen LogP contribution in [0.15, 0.2) is 12.4 Å². The number of rotatable bonds is 2. The lowest BCUT2D eigenvalue weighted by atomic mass is 9.93. The fourth-order valence-electron chi connectivity index (χ4n) is 2.72. The van der Waals surface area contributed by atoms with E-state index < -0.39 is 23.5 Å². The normalized spacial score (nSPS) is 24.0. The molecule has 1 amide bonds.